The van der Waals surface area contributed by atoms with Gasteiger partial charge < -0.3 is 24.4 Å². The normalized spacial score (nSPS) is 11.0. The molecular weight excluding hydrogens is 518 g/mol. The first kappa shape index (κ1) is 29.6. The molecule has 0 saturated heterocycles. The predicted octanol–water partition coefficient (Wildman–Crippen LogP) is 4.46. The summed E-state index contributed by atoms with van der Waals surface area (Å²) in [5.41, 5.74) is 2.35. The second kappa shape index (κ2) is 13.7. The van der Waals surface area contributed by atoms with Crippen molar-refractivity contribution < 1.29 is 27.4 Å². The van der Waals surface area contributed by atoms with Crippen LogP contribution in [-0.2, 0) is 21.4 Å². The Kier molecular flexibility index (Phi) is 10.4. The summed E-state index contributed by atoms with van der Waals surface area (Å²) < 4.78 is 44.7. The molecular formula is C29H37N3O6S. The van der Waals surface area contributed by atoms with E-state index in [0.717, 1.165) is 28.6 Å². The molecule has 39 heavy (non-hydrogen) atoms. The van der Waals surface area contributed by atoms with E-state index in [1.165, 1.54) is 32.4 Å². The summed E-state index contributed by atoms with van der Waals surface area (Å²) >= 11 is 0. The number of benzene rings is 3. The SMILES string of the molecule is CCOc1ccc(N(CC(=O)NCc2ccc(N(CC)CC)cc2)S(=O)(=O)c2ccc(OC)c(OC)c2)cc1. The lowest BCUT2D eigenvalue weighted by Gasteiger charge is -2.25. The lowest BCUT2D eigenvalue weighted by molar-refractivity contribution is -0.119. The molecule has 1 amide bonds. The summed E-state index contributed by atoms with van der Waals surface area (Å²) in [6.07, 6.45) is 0. The van der Waals surface area contributed by atoms with Crippen molar-refractivity contribution in [3.63, 3.8) is 0 Å². The summed E-state index contributed by atoms with van der Waals surface area (Å²) in [5.74, 6) is 0.819. The fraction of sp³-hybridized carbons (Fsp3) is 0.345. The van der Waals surface area contributed by atoms with Crippen molar-refractivity contribution in [3.05, 3.63) is 72.3 Å². The molecule has 0 heterocycles. The number of nitrogens with zero attached hydrogens (tertiary/aromatic N) is 2. The molecule has 1 N–H and O–H groups in total. The van der Waals surface area contributed by atoms with Gasteiger partial charge in [0.2, 0.25) is 5.91 Å². The van der Waals surface area contributed by atoms with Gasteiger partial charge >= 0.3 is 0 Å². The van der Waals surface area contributed by atoms with E-state index < -0.39 is 22.5 Å². The predicted molar refractivity (Wildman–Crippen MR) is 154 cm³/mol. The molecule has 3 rings (SSSR count). The van der Waals surface area contributed by atoms with Crippen LogP contribution in [0.2, 0.25) is 0 Å². The smallest absolute Gasteiger partial charge is 0.264 e. The van der Waals surface area contributed by atoms with Crippen LogP contribution in [0.1, 0.15) is 26.3 Å². The first-order valence-corrected chi connectivity index (χ1v) is 14.3. The summed E-state index contributed by atoms with van der Waals surface area (Å²) in [5, 5.41) is 2.84. The number of carbonyl (C=O) groups excluding carboxylic acids is 1. The third-order valence-corrected chi connectivity index (χ3v) is 7.99. The lowest BCUT2D eigenvalue weighted by atomic mass is 10.2. The van der Waals surface area contributed by atoms with E-state index in [4.69, 9.17) is 14.2 Å². The highest BCUT2D eigenvalue weighted by molar-refractivity contribution is 7.92. The van der Waals surface area contributed by atoms with Crippen LogP contribution in [0.4, 0.5) is 11.4 Å². The monoisotopic (exact) mass is 555 g/mol. The largest absolute Gasteiger partial charge is 0.494 e. The van der Waals surface area contributed by atoms with Crippen molar-refractivity contribution in [2.75, 3.05) is 49.7 Å². The zero-order chi connectivity index (χ0) is 28.4. The zero-order valence-corrected chi connectivity index (χ0v) is 24.0. The van der Waals surface area contributed by atoms with Crippen LogP contribution < -0.4 is 28.7 Å². The van der Waals surface area contributed by atoms with E-state index in [1.54, 1.807) is 24.3 Å². The van der Waals surface area contributed by atoms with Crippen LogP contribution >= 0.6 is 0 Å². The van der Waals surface area contributed by atoms with Crippen LogP contribution in [0.5, 0.6) is 17.2 Å². The van der Waals surface area contributed by atoms with Crippen molar-refractivity contribution in [2.45, 2.75) is 32.2 Å². The van der Waals surface area contributed by atoms with E-state index in [1.807, 2.05) is 31.2 Å². The molecule has 9 nitrogen and oxygen atoms in total. The van der Waals surface area contributed by atoms with Gasteiger partial charge in [-0.3, -0.25) is 9.10 Å². The third-order valence-electron chi connectivity index (χ3n) is 6.22. The second-order valence-corrected chi connectivity index (χ2v) is 10.4. The highest BCUT2D eigenvalue weighted by Gasteiger charge is 2.28. The number of anilines is 2. The van der Waals surface area contributed by atoms with Crippen molar-refractivity contribution >= 4 is 27.3 Å². The van der Waals surface area contributed by atoms with Gasteiger partial charge in [-0.25, -0.2) is 8.42 Å². The summed E-state index contributed by atoms with van der Waals surface area (Å²) in [4.78, 5) is 15.2. The van der Waals surface area contributed by atoms with E-state index in [2.05, 4.69) is 24.1 Å². The Morgan fingerprint density at radius 3 is 2.00 bits per heavy atom. The molecule has 0 aliphatic rings. The molecule has 0 atom stereocenters. The van der Waals surface area contributed by atoms with Crippen LogP contribution in [-0.4, -0.2) is 54.8 Å². The summed E-state index contributed by atoms with van der Waals surface area (Å²) in [7, 11) is -1.24. The van der Waals surface area contributed by atoms with E-state index in [0.29, 0.717) is 23.8 Å². The van der Waals surface area contributed by atoms with Crippen molar-refractivity contribution in [1.29, 1.82) is 0 Å². The summed E-state index contributed by atoms with van der Waals surface area (Å²) in [6.45, 7) is 8.21. The molecule has 0 bridgehead atoms. The van der Waals surface area contributed by atoms with Gasteiger partial charge in [0.05, 0.1) is 31.4 Å². The van der Waals surface area contributed by atoms with Crippen LogP contribution in [0.25, 0.3) is 0 Å². The number of carbonyl (C=O) groups is 1. The van der Waals surface area contributed by atoms with Gasteiger partial charge in [0.25, 0.3) is 10.0 Å². The maximum Gasteiger partial charge on any atom is 0.264 e. The number of rotatable bonds is 14. The molecule has 0 spiro atoms. The quantitative estimate of drug-likeness (QED) is 0.314. The standard InChI is InChI=1S/C29H37N3O6S/c1-6-31(7-2)23-11-9-22(10-12-23)20-30-29(33)21-32(24-13-15-25(16-14-24)38-8-3)39(34,35)26-17-18-27(36-4)28(19-26)37-5/h9-19H,6-8,20-21H2,1-5H3,(H,30,33). The highest BCUT2D eigenvalue weighted by Crippen LogP contribution is 2.32. The molecule has 0 radical (unpaired) electrons. The van der Waals surface area contributed by atoms with Gasteiger partial charge in [-0.15, -0.1) is 0 Å². The molecule has 210 valence electrons. The van der Waals surface area contributed by atoms with Gasteiger partial charge in [-0.05, 0) is 74.9 Å². The highest BCUT2D eigenvalue weighted by atomic mass is 32.2. The second-order valence-electron chi connectivity index (χ2n) is 8.57. The van der Waals surface area contributed by atoms with Gasteiger partial charge in [-0.2, -0.15) is 0 Å². The maximum atomic E-state index is 13.8. The topological polar surface area (TPSA) is 97.4 Å². The molecule has 0 aliphatic heterocycles. The Morgan fingerprint density at radius 2 is 1.44 bits per heavy atom. The fourth-order valence-corrected chi connectivity index (χ4v) is 5.53. The van der Waals surface area contributed by atoms with E-state index in [9.17, 15) is 13.2 Å². The Bertz CT molecular complexity index is 1320. The molecule has 3 aromatic carbocycles. The average Bonchev–Trinajstić information content (AvgIpc) is 2.96. The number of amides is 1. The number of methoxy groups -OCH3 is 2. The third kappa shape index (κ3) is 7.35. The van der Waals surface area contributed by atoms with Crippen molar-refractivity contribution in [1.82, 2.24) is 5.32 Å². The van der Waals surface area contributed by atoms with E-state index in [-0.39, 0.29) is 17.2 Å². The molecule has 0 fully saturated rings. The van der Waals surface area contributed by atoms with Crippen LogP contribution in [0.3, 0.4) is 0 Å². The minimum absolute atomic E-state index is 0.0335. The molecule has 0 unspecified atom stereocenters. The fourth-order valence-electron chi connectivity index (χ4n) is 4.09. The number of sulfonamides is 1. The van der Waals surface area contributed by atoms with E-state index >= 15 is 0 Å². The average molecular weight is 556 g/mol. The first-order valence-electron chi connectivity index (χ1n) is 12.9. The molecule has 0 saturated carbocycles. The molecule has 3 aromatic rings. The maximum absolute atomic E-state index is 13.8. The van der Waals surface area contributed by atoms with Crippen LogP contribution in [0.15, 0.2) is 71.6 Å². The Hall–Kier alpha value is -3.92. The zero-order valence-electron chi connectivity index (χ0n) is 23.1. The Labute approximate surface area is 231 Å². The van der Waals surface area contributed by atoms with Gasteiger partial charge in [0.1, 0.15) is 12.3 Å². The molecule has 10 heteroatoms. The lowest BCUT2D eigenvalue weighted by Crippen LogP contribution is -2.40. The Morgan fingerprint density at radius 1 is 0.821 bits per heavy atom. The minimum atomic E-state index is -4.15. The van der Waals surface area contributed by atoms with Crippen LogP contribution in [0, 0.1) is 0 Å². The molecule has 0 aromatic heterocycles. The number of hydrogen-bond donors (Lipinski definition) is 1. The first-order chi connectivity index (χ1) is 18.8. The molecule has 0 aliphatic carbocycles. The minimum Gasteiger partial charge on any atom is -0.494 e. The number of nitrogens with one attached hydrogen (secondary N) is 1. The van der Waals surface area contributed by atoms with Gasteiger partial charge in [0, 0.05) is 31.4 Å². The van der Waals surface area contributed by atoms with Crippen molar-refractivity contribution in [2.24, 2.45) is 0 Å². The Balaban J connectivity index is 1.85. The van der Waals surface area contributed by atoms with Gasteiger partial charge in [0.15, 0.2) is 11.5 Å². The number of hydrogen-bond acceptors (Lipinski definition) is 7. The van der Waals surface area contributed by atoms with Crippen molar-refractivity contribution in [3.8, 4) is 17.2 Å². The summed E-state index contributed by atoms with van der Waals surface area (Å²) in [6, 6.07) is 18.8. The number of ether oxygens (including phenoxy) is 3. The van der Waals surface area contributed by atoms with Gasteiger partial charge in [-0.1, -0.05) is 12.1 Å².